The van der Waals surface area contributed by atoms with Gasteiger partial charge in [0.05, 0.1) is 17.1 Å². The lowest BCUT2D eigenvalue weighted by molar-refractivity contribution is 0.593. The second-order valence-corrected chi connectivity index (χ2v) is 10.2. The lowest BCUT2D eigenvalue weighted by Crippen LogP contribution is -2.07. The minimum Gasteiger partial charge on any atom is -0.611 e. The molecule has 1 atom stereocenters. The van der Waals surface area contributed by atoms with Crippen LogP contribution in [0.15, 0.2) is 63.3 Å². The molecule has 148 valence electrons. The van der Waals surface area contributed by atoms with Crippen molar-refractivity contribution in [1.82, 2.24) is 4.98 Å². The fourth-order valence-corrected chi connectivity index (χ4v) is 6.57. The Morgan fingerprint density at radius 2 is 1.97 bits per heavy atom. The standard InChI is InChI=1S/C21H19N3O2S3/c22-19-18-15(14-7-2-1-3-8-14)13-16(17-9-6-11-27-17)24-20(18)28-21(19)29(26)12-5-4-10-23-25/h1-3,6-9,11,13H,4-5,10,12,22H2. The molecule has 0 radical (unpaired) electrons. The average Bonchev–Trinajstić information content (AvgIpc) is 3.40. The fraction of sp³-hybridized carbons (Fsp3) is 0.190. The Balaban J connectivity index is 1.81. The normalized spacial score (nSPS) is 12.3. The summed E-state index contributed by atoms with van der Waals surface area (Å²) in [5, 5.41) is 5.75. The minimum absolute atomic E-state index is 0.253. The van der Waals surface area contributed by atoms with E-state index in [2.05, 4.69) is 11.2 Å². The number of benzene rings is 1. The van der Waals surface area contributed by atoms with Crippen molar-refractivity contribution >= 4 is 49.8 Å². The summed E-state index contributed by atoms with van der Waals surface area (Å²) in [5.74, 6) is 0.463. The van der Waals surface area contributed by atoms with Crippen molar-refractivity contribution in [3.05, 3.63) is 58.8 Å². The van der Waals surface area contributed by atoms with Crippen molar-refractivity contribution < 1.29 is 4.55 Å². The van der Waals surface area contributed by atoms with E-state index < -0.39 is 11.2 Å². The van der Waals surface area contributed by atoms with Gasteiger partial charge in [-0.1, -0.05) is 52.9 Å². The van der Waals surface area contributed by atoms with Crippen molar-refractivity contribution in [1.29, 1.82) is 0 Å². The van der Waals surface area contributed by atoms with E-state index in [1.54, 1.807) is 11.3 Å². The monoisotopic (exact) mass is 441 g/mol. The third-order valence-corrected chi connectivity index (χ3v) is 8.45. The Hall–Kier alpha value is -2.26. The number of nitrogens with two attached hydrogens (primary N) is 1. The quantitative estimate of drug-likeness (QED) is 0.208. The second kappa shape index (κ2) is 9.04. The first-order chi connectivity index (χ1) is 14.2. The zero-order chi connectivity index (χ0) is 20.2. The van der Waals surface area contributed by atoms with Crippen LogP contribution in [0.5, 0.6) is 0 Å². The molecule has 4 aromatic rings. The molecular formula is C21H19N3O2S3. The van der Waals surface area contributed by atoms with Gasteiger partial charge in [-0.15, -0.1) is 11.3 Å². The zero-order valence-electron chi connectivity index (χ0n) is 15.5. The Labute approximate surface area is 179 Å². The van der Waals surface area contributed by atoms with E-state index in [1.165, 1.54) is 11.3 Å². The molecule has 1 aromatic carbocycles. The number of hydrogen-bond donors (Lipinski definition) is 1. The van der Waals surface area contributed by atoms with E-state index >= 15 is 0 Å². The lowest BCUT2D eigenvalue weighted by Gasteiger charge is -2.09. The first-order valence-corrected chi connectivity index (χ1v) is 12.2. The molecule has 0 aliphatic rings. The third-order valence-electron chi connectivity index (χ3n) is 4.56. The number of fused-ring (bicyclic) bond motifs is 1. The molecule has 2 N–H and O–H groups in total. The largest absolute Gasteiger partial charge is 0.611 e. The highest BCUT2D eigenvalue weighted by Gasteiger charge is 2.24. The number of aromatic nitrogens is 1. The summed E-state index contributed by atoms with van der Waals surface area (Å²) in [6, 6.07) is 16.2. The van der Waals surface area contributed by atoms with Crippen molar-refractivity contribution in [2.75, 3.05) is 18.0 Å². The van der Waals surface area contributed by atoms with Crippen LogP contribution in [0.3, 0.4) is 0 Å². The minimum atomic E-state index is -1.23. The predicted molar refractivity (Wildman–Crippen MR) is 124 cm³/mol. The molecule has 8 heteroatoms. The Bertz CT molecular complexity index is 1110. The Morgan fingerprint density at radius 1 is 1.14 bits per heavy atom. The van der Waals surface area contributed by atoms with E-state index in [9.17, 15) is 9.46 Å². The van der Waals surface area contributed by atoms with Crippen LogP contribution in [-0.4, -0.2) is 21.8 Å². The molecule has 1 unspecified atom stereocenters. The predicted octanol–water partition coefficient (Wildman–Crippen LogP) is 5.93. The SMILES string of the molecule is Nc1c([S+]([O-])CCCCN=O)sc2nc(-c3cccs3)cc(-c3ccccc3)c12. The smallest absolute Gasteiger partial charge is 0.232 e. The van der Waals surface area contributed by atoms with Gasteiger partial charge in [0.15, 0.2) is 0 Å². The number of rotatable bonds is 8. The number of unbranched alkanes of at least 4 members (excludes halogenated alkanes) is 1. The summed E-state index contributed by atoms with van der Waals surface area (Å²) in [4.78, 5) is 17.0. The van der Waals surface area contributed by atoms with Crippen LogP contribution in [0.4, 0.5) is 5.69 Å². The van der Waals surface area contributed by atoms with Gasteiger partial charge >= 0.3 is 0 Å². The molecule has 29 heavy (non-hydrogen) atoms. The first kappa shape index (κ1) is 20.0. The zero-order valence-corrected chi connectivity index (χ0v) is 18.0. The summed E-state index contributed by atoms with van der Waals surface area (Å²) in [5.41, 5.74) is 9.98. The van der Waals surface area contributed by atoms with Gasteiger partial charge in [0.25, 0.3) is 0 Å². The van der Waals surface area contributed by atoms with Crippen LogP contribution in [0.25, 0.3) is 31.9 Å². The number of pyridine rings is 1. The summed E-state index contributed by atoms with van der Waals surface area (Å²) in [7, 11) is 0. The van der Waals surface area contributed by atoms with Crippen LogP contribution >= 0.6 is 22.7 Å². The molecule has 3 aromatic heterocycles. The van der Waals surface area contributed by atoms with Crippen LogP contribution in [0.1, 0.15) is 12.8 Å². The van der Waals surface area contributed by atoms with Crippen LogP contribution < -0.4 is 5.73 Å². The molecule has 0 amide bonds. The highest BCUT2D eigenvalue weighted by Crippen LogP contribution is 2.43. The highest BCUT2D eigenvalue weighted by atomic mass is 32.2. The molecule has 3 heterocycles. The molecule has 0 saturated carbocycles. The van der Waals surface area contributed by atoms with E-state index in [-0.39, 0.29) is 6.54 Å². The van der Waals surface area contributed by atoms with Gasteiger partial charge in [0.2, 0.25) is 4.21 Å². The number of hydrogen-bond acceptors (Lipinski definition) is 7. The van der Waals surface area contributed by atoms with Crippen LogP contribution in [0.2, 0.25) is 0 Å². The maximum absolute atomic E-state index is 12.9. The van der Waals surface area contributed by atoms with E-state index in [0.717, 1.165) is 31.9 Å². The number of thiophene rings is 2. The van der Waals surface area contributed by atoms with Gasteiger partial charge in [-0.05, 0) is 52.7 Å². The summed E-state index contributed by atoms with van der Waals surface area (Å²) < 4.78 is 13.5. The molecule has 4 rings (SSSR count). The van der Waals surface area contributed by atoms with Crippen LogP contribution in [0, 0.1) is 4.91 Å². The highest BCUT2D eigenvalue weighted by molar-refractivity contribution is 7.93. The fourth-order valence-electron chi connectivity index (χ4n) is 3.17. The van der Waals surface area contributed by atoms with Gasteiger partial charge < -0.3 is 10.3 Å². The molecule has 0 bridgehead atoms. The van der Waals surface area contributed by atoms with Crippen molar-refractivity contribution in [2.24, 2.45) is 5.18 Å². The Kier molecular flexibility index (Phi) is 6.25. The molecule has 0 aliphatic heterocycles. The maximum atomic E-state index is 12.9. The van der Waals surface area contributed by atoms with E-state index in [0.29, 0.717) is 28.5 Å². The molecule has 0 saturated heterocycles. The van der Waals surface area contributed by atoms with E-state index in [1.807, 2.05) is 47.8 Å². The Morgan fingerprint density at radius 3 is 2.69 bits per heavy atom. The average molecular weight is 442 g/mol. The first-order valence-electron chi connectivity index (χ1n) is 9.19. The van der Waals surface area contributed by atoms with Gasteiger partial charge in [-0.25, -0.2) is 4.98 Å². The number of nitrogen functional groups attached to an aromatic ring is 1. The molecule has 0 spiro atoms. The van der Waals surface area contributed by atoms with Crippen molar-refractivity contribution in [3.8, 4) is 21.7 Å². The summed E-state index contributed by atoms with van der Waals surface area (Å²) >= 11 is 1.81. The number of nitrogens with zero attached hydrogens (tertiary/aromatic N) is 2. The molecule has 0 aliphatic carbocycles. The molecule has 0 fully saturated rings. The lowest BCUT2D eigenvalue weighted by atomic mass is 10.0. The van der Waals surface area contributed by atoms with Gasteiger partial charge in [-0.2, -0.15) is 4.91 Å². The van der Waals surface area contributed by atoms with Gasteiger partial charge in [0, 0.05) is 5.39 Å². The van der Waals surface area contributed by atoms with Crippen LogP contribution in [-0.2, 0) is 11.2 Å². The second-order valence-electron chi connectivity index (χ2n) is 6.49. The van der Waals surface area contributed by atoms with Crippen molar-refractivity contribution in [3.63, 3.8) is 0 Å². The summed E-state index contributed by atoms with van der Waals surface area (Å²) in [6.45, 7) is 0.253. The number of anilines is 1. The van der Waals surface area contributed by atoms with E-state index in [4.69, 9.17) is 10.7 Å². The topological polar surface area (TPSA) is 91.4 Å². The van der Waals surface area contributed by atoms with Gasteiger partial charge in [-0.3, -0.25) is 0 Å². The maximum Gasteiger partial charge on any atom is 0.232 e. The van der Waals surface area contributed by atoms with Gasteiger partial charge in [0.1, 0.15) is 16.3 Å². The summed E-state index contributed by atoms with van der Waals surface area (Å²) in [6.07, 6.45) is 1.31. The molecule has 5 nitrogen and oxygen atoms in total. The molecular weight excluding hydrogens is 422 g/mol. The van der Waals surface area contributed by atoms with Crippen molar-refractivity contribution in [2.45, 2.75) is 17.1 Å². The third kappa shape index (κ3) is 4.20. The number of nitroso groups, excluding NO2 is 1.